The summed E-state index contributed by atoms with van der Waals surface area (Å²) in [5, 5.41) is 2.49. The van der Waals surface area contributed by atoms with Crippen molar-refractivity contribution in [3.63, 3.8) is 0 Å². The van der Waals surface area contributed by atoms with E-state index in [9.17, 15) is 26.4 Å². The molecular weight excluding hydrogens is 421 g/mol. The molecule has 2 aromatic rings. The van der Waals surface area contributed by atoms with Crippen LogP contribution in [0.5, 0.6) is 5.75 Å². The molecule has 1 aliphatic heterocycles. The second kappa shape index (κ2) is 7.50. The molecule has 2 aromatic carbocycles. The second-order valence-electron chi connectivity index (χ2n) is 7.32. The topological polar surface area (TPSA) is 75.7 Å². The summed E-state index contributed by atoms with van der Waals surface area (Å²) in [5.41, 5.74) is 2.28. The van der Waals surface area contributed by atoms with E-state index in [2.05, 4.69) is 10.1 Å². The van der Waals surface area contributed by atoms with Crippen molar-refractivity contribution in [2.24, 2.45) is 0 Å². The van der Waals surface area contributed by atoms with Crippen LogP contribution in [-0.4, -0.2) is 32.0 Å². The zero-order valence-electron chi connectivity index (χ0n) is 16.6. The Morgan fingerprint density at radius 2 is 1.67 bits per heavy atom. The molecule has 0 aliphatic carbocycles. The number of amides is 1. The van der Waals surface area contributed by atoms with Crippen molar-refractivity contribution in [1.29, 1.82) is 0 Å². The van der Waals surface area contributed by atoms with Gasteiger partial charge >= 0.3 is 6.36 Å². The fraction of sp³-hybridized carbons (Fsp3) is 0.350. The number of nitrogens with one attached hydrogen (secondary N) is 1. The lowest BCUT2D eigenvalue weighted by Gasteiger charge is -2.27. The molecular formula is C20H21F3N2O4S. The van der Waals surface area contributed by atoms with E-state index in [1.165, 1.54) is 23.4 Å². The first-order valence-corrected chi connectivity index (χ1v) is 10.5. The Kier molecular flexibility index (Phi) is 5.48. The molecule has 1 fully saturated rings. The number of anilines is 2. The maximum Gasteiger partial charge on any atom is 0.573 e. The molecule has 0 bridgehead atoms. The number of carbonyl (C=O) groups excluding carboxylic acids is 1. The summed E-state index contributed by atoms with van der Waals surface area (Å²) >= 11 is 0. The van der Waals surface area contributed by atoms with E-state index in [0.717, 1.165) is 23.3 Å². The molecule has 1 aliphatic rings. The fourth-order valence-corrected chi connectivity index (χ4v) is 5.45. The summed E-state index contributed by atoms with van der Waals surface area (Å²) in [6, 6.07) is 9.95. The van der Waals surface area contributed by atoms with Crippen molar-refractivity contribution < 1.29 is 31.1 Å². The van der Waals surface area contributed by atoms with Gasteiger partial charge in [-0.25, -0.2) is 8.42 Å². The van der Waals surface area contributed by atoms with Crippen molar-refractivity contribution in [2.45, 2.75) is 38.3 Å². The number of hydrogen-bond donors (Lipinski definition) is 1. The predicted molar refractivity (Wildman–Crippen MR) is 107 cm³/mol. The van der Waals surface area contributed by atoms with Crippen LogP contribution in [0.1, 0.15) is 24.5 Å². The van der Waals surface area contributed by atoms with Crippen LogP contribution in [0.3, 0.4) is 0 Å². The highest BCUT2D eigenvalue weighted by atomic mass is 32.2. The van der Waals surface area contributed by atoms with Gasteiger partial charge in [0.25, 0.3) is 0 Å². The Hall–Kier alpha value is -2.75. The maximum atomic E-state index is 13.3. The van der Waals surface area contributed by atoms with Crippen molar-refractivity contribution in [3.8, 4) is 5.75 Å². The Bertz CT molecular complexity index is 1050. The highest BCUT2D eigenvalue weighted by molar-refractivity contribution is 7.95. The third kappa shape index (κ3) is 3.96. The lowest BCUT2D eigenvalue weighted by Crippen LogP contribution is -2.47. The smallest absolute Gasteiger partial charge is 0.406 e. The van der Waals surface area contributed by atoms with Crippen LogP contribution in [0.2, 0.25) is 0 Å². The van der Waals surface area contributed by atoms with Gasteiger partial charge in [-0.2, -0.15) is 0 Å². The van der Waals surface area contributed by atoms with Gasteiger partial charge in [0.15, 0.2) is 4.75 Å². The van der Waals surface area contributed by atoms with E-state index in [1.54, 1.807) is 26.0 Å². The van der Waals surface area contributed by atoms with Gasteiger partial charge in [0, 0.05) is 12.2 Å². The van der Waals surface area contributed by atoms with Crippen LogP contribution in [0.15, 0.2) is 42.5 Å². The van der Waals surface area contributed by atoms with E-state index >= 15 is 0 Å². The van der Waals surface area contributed by atoms with Crippen LogP contribution in [0, 0.1) is 13.8 Å². The average Bonchev–Trinajstić information content (AvgIpc) is 2.87. The minimum absolute atomic E-state index is 0.0736. The summed E-state index contributed by atoms with van der Waals surface area (Å²) in [7, 11) is -4.03. The van der Waals surface area contributed by atoms with Gasteiger partial charge in [-0.15, -0.1) is 13.2 Å². The van der Waals surface area contributed by atoms with E-state index in [0.29, 0.717) is 5.69 Å². The molecule has 0 saturated carbocycles. The molecule has 6 nitrogen and oxygen atoms in total. The van der Waals surface area contributed by atoms with Crippen molar-refractivity contribution in [3.05, 3.63) is 53.6 Å². The van der Waals surface area contributed by atoms with Gasteiger partial charge in [-0.05, 0) is 62.6 Å². The highest BCUT2D eigenvalue weighted by Gasteiger charge is 2.55. The van der Waals surface area contributed by atoms with Crippen molar-refractivity contribution in [1.82, 2.24) is 0 Å². The van der Waals surface area contributed by atoms with Crippen LogP contribution in [-0.2, 0) is 14.8 Å². The molecule has 162 valence electrons. The number of benzene rings is 2. The molecule has 1 heterocycles. The SMILES string of the molecule is Cc1cccc(C)c1N1CC[C@](C)(C(=O)Nc2ccc(OC(F)(F)F)cc2)S1(=O)=O. The monoisotopic (exact) mass is 442 g/mol. The number of carbonyl (C=O) groups is 1. The maximum absolute atomic E-state index is 13.3. The number of sulfonamides is 1. The number of rotatable bonds is 4. The summed E-state index contributed by atoms with van der Waals surface area (Å²) in [5.74, 6) is -1.19. The highest BCUT2D eigenvalue weighted by Crippen LogP contribution is 2.40. The van der Waals surface area contributed by atoms with Gasteiger partial charge < -0.3 is 10.1 Å². The lowest BCUT2D eigenvalue weighted by molar-refractivity contribution is -0.274. The molecule has 30 heavy (non-hydrogen) atoms. The van der Waals surface area contributed by atoms with Gasteiger partial charge in [0.2, 0.25) is 15.9 Å². The Labute approximate surface area is 172 Å². The zero-order valence-corrected chi connectivity index (χ0v) is 17.4. The minimum Gasteiger partial charge on any atom is -0.406 e. The number of halogens is 3. The quantitative estimate of drug-likeness (QED) is 0.772. The van der Waals surface area contributed by atoms with Gasteiger partial charge in [-0.1, -0.05) is 18.2 Å². The van der Waals surface area contributed by atoms with E-state index < -0.39 is 32.8 Å². The molecule has 0 spiro atoms. The number of aryl methyl sites for hydroxylation is 2. The normalized spacial score (nSPS) is 20.8. The second-order valence-corrected chi connectivity index (χ2v) is 9.62. The fourth-order valence-electron chi connectivity index (χ4n) is 3.47. The molecule has 0 unspecified atom stereocenters. The van der Waals surface area contributed by atoms with Crippen molar-refractivity contribution >= 4 is 27.3 Å². The van der Waals surface area contributed by atoms with Gasteiger partial charge in [0.1, 0.15) is 5.75 Å². The van der Waals surface area contributed by atoms with Gasteiger partial charge in [0.05, 0.1) is 5.69 Å². The van der Waals surface area contributed by atoms with E-state index in [4.69, 9.17) is 0 Å². The number of nitrogens with zero attached hydrogens (tertiary/aromatic N) is 1. The summed E-state index contributed by atoms with van der Waals surface area (Å²) in [6.07, 6.45) is -4.75. The van der Waals surface area contributed by atoms with Crippen molar-refractivity contribution in [2.75, 3.05) is 16.2 Å². The lowest BCUT2D eigenvalue weighted by atomic mass is 10.1. The van der Waals surface area contributed by atoms with Crippen LogP contribution in [0.25, 0.3) is 0 Å². The average molecular weight is 442 g/mol. The van der Waals surface area contributed by atoms with Gasteiger partial charge in [-0.3, -0.25) is 9.10 Å². The number of para-hydroxylation sites is 1. The van der Waals surface area contributed by atoms with E-state index in [-0.39, 0.29) is 18.7 Å². The third-order valence-corrected chi connectivity index (χ3v) is 7.64. The Balaban J connectivity index is 1.82. The van der Waals surface area contributed by atoms with Crippen LogP contribution < -0.4 is 14.4 Å². The van der Waals surface area contributed by atoms with Crippen LogP contribution >= 0.6 is 0 Å². The zero-order chi connectivity index (χ0) is 22.3. The molecule has 1 saturated heterocycles. The Morgan fingerprint density at radius 3 is 2.20 bits per heavy atom. The first-order chi connectivity index (χ1) is 13.8. The molecule has 1 atom stereocenters. The summed E-state index contributed by atoms with van der Waals surface area (Å²) in [4.78, 5) is 12.9. The molecule has 1 N–H and O–H groups in total. The van der Waals surface area contributed by atoms with Crippen LogP contribution in [0.4, 0.5) is 24.5 Å². The molecule has 0 radical (unpaired) electrons. The molecule has 3 rings (SSSR count). The molecule has 1 amide bonds. The largest absolute Gasteiger partial charge is 0.573 e. The summed E-state index contributed by atoms with van der Waals surface area (Å²) in [6.45, 7) is 5.11. The summed E-state index contributed by atoms with van der Waals surface area (Å²) < 4.78 is 66.7. The van der Waals surface area contributed by atoms with E-state index in [1.807, 2.05) is 6.07 Å². The first kappa shape index (κ1) is 21.9. The molecule has 10 heteroatoms. The standard InChI is InChI=1S/C20H21F3N2O4S/c1-13-5-4-6-14(2)17(13)25-12-11-19(3,30(25,27)28)18(26)24-15-7-9-16(10-8-15)29-20(21,22)23/h4-10H,11-12H2,1-3H3,(H,24,26)/t19-/m1/s1. The first-order valence-electron chi connectivity index (χ1n) is 9.11. The number of ether oxygens (including phenoxy) is 1. The number of hydrogen-bond acceptors (Lipinski definition) is 4. The number of alkyl halides is 3. The predicted octanol–water partition coefficient (Wildman–Crippen LogP) is 4.14. The third-order valence-electron chi connectivity index (χ3n) is 5.17. The molecule has 0 aromatic heterocycles. The Morgan fingerprint density at radius 1 is 1.10 bits per heavy atom. The minimum atomic E-state index is -4.83.